The van der Waals surface area contributed by atoms with Crippen LogP contribution < -0.4 is 5.32 Å². The van der Waals surface area contributed by atoms with Crippen LogP contribution in [-0.4, -0.2) is 35.3 Å². The predicted molar refractivity (Wildman–Crippen MR) is 119 cm³/mol. The summed E-state index contributed by atoms with van der Waals surface area (Å²) in [7, 11) is 0. The minimum Gasteiger partial charge on any atom is -0.507 e. The molecule has 3 atom stereocenters. The zero-order chi connectivity index (χ0) is 22.1. The maximum atomic E-state index is 12.9. The molecule has 1 fully saturated rings. The molecular formula is C25H31NO5. The molecule has 2 bridgehead atoms. The molecule has 0 radical (unpaired) electrons. The van der Waals surface area contributed by atoms with Crippen LogP contribution >= 0.6 is 0 Å². The van der Waals surface area contributed by atoms with Crippen molar-refractivity contribution < 1.29 is 24.2 Å². The first-order valence-corrected chi connectivity index (χ1v) is 11.0. The molecule has 0 spiro atoms. The van der Waals surface area contributed by atoms with Crippen LogP contribution in [-0.2, 0) is 20.7 Å². The highest BCUT2D eigenvalue weighted by molar-refractivity contribution is 5.94. The van der Waals surface area contributed by atoms with Crippen molar-refractivity contribution in [3.63, 3.8) is 0 Å². The summed E-state index contributed by atoms with van der Waals surface area (Å²) in [4.78, 5) is 24.6. The van der Waals surface area contributed by atoms with Gasteiger partial charge in [-0.1, -0.05) is 43.4 Å². The van der Waals surface area contributed by atoms with Crippen LogP contribution in [0.5, 0.6) is 5.75 Å². The maximum absolute atomic E-state index is 12.9. The zero-order valence-electron chi connectivity index (χ0n) is 18.0. The average molecular weight is 426 g/mol. The maximum Gasteiger partial charge on any atom is 0.342 e. The topological polar surface area (TPSA) is 84.9 Å². The molecule has 2 aliphatic heterocycles. The van der Waals surface area contributed by atoms with Crippen LogP contribution in [0.15, 0.2) is 54.8 Å². The number of nitrogens with one attached hydrogen (secondary N) is 1. The van der Waals surface area contributed by atoms with Gasteiger partial charge in [0.05, 0.1) is 12.2 Å². The molecule has 6 heteroatoms. The number of amides is 1. The van der Waals surface area contributed by atoms with E-state index in [1.54, 1.807) is 24.4 Å². The van der Waals surface area contributed by atoms with Gasteiger partial charge in [0.1, 0.15) is 17.4 Å². The van der Waals surface area contributed by atoms with Gasteiger partial charge >= 0.3 is 5.97 Å². The third-order valence-electron chi connectivity index (χ3n) is 5.49. The van der Waals surface area contributed by atoms with E-state index in [2.05, 4.69) is 5.32 Å². The molecule has 2 heterocycles. The Morgan fingerprint density at radius 3 is 2.90 bits per heavy atom. The SMILES string of the molecule is CC/C=C\C=C/C(=O)N/C=C/CC1CC2CCC[C@H](Cc3cccc(O)c3C(=O)O1)O2. The van der Waals surface area contributed by atoms with E-state index in [-0.39, 0.29) is 29.4 Å². The number of cyclic esters (lactones) is 1. The molecule has 1 aromatic rings. The summed E-state index contributed by atoms with van der Waals surface area (Å²) in [5.74, 6) is -0.806. The number of hydrogen-bond acceptors (Lipinski definition) is 5. The molecule has 2 N–H and O–H groups in total. The van der Waals surface area contributed by atoms with Gasteiger partial charge in [-0.2, -0.15) is 0 Å². The lowest BCUT2D eigenvalue weighted by molar-refractivity contribution is -0.115. The van der Waals surface area contributed by atoms with Crippen molar-refractivity contribution in [3.8, 4) is 5.75 Å². The Morgan fingerprint density at radius 2 is 2.06 bits per heavy atom. The summed E-state index contributed by atoms with van der Waals surface area (Å²) in [6.07, 6.45) is 15.4. The molecule has 0 saturated carbocycles. The molecule has 3 rings (SSSR count). The van der Waals surface area contributed by atoms with E-state index in [0.717, 1.165) is 31.2 Å². The fourth-order valence-electron chi connectivity index (χ4n) is 4.01. The number of carbonyl (C=O) groups is 2. The Morgan fingerprint density at radius 1 is 1.23 bits per heavy atom. The van der Waals surface area contributed by atoms with Gasteiger partial charge in [0, 0.05) is 25.1 Å². The second-order valence-corrected chi connectivity index (χ2v) is 7.93. The molecule has 1 aromatic carbocycles. The highest BCUT2D eigenvalue weighted by Gasteiger charge is 2.31. The van der Waals surface area contributed by atoms with E-state index in [1.165, 1.54) is 12.1 Å². The first-order chi connectivity index (χ1) is 15.1. The van der Waals surface area contributed by atoms with E-state index < -0.39 is 12.1 Å². The Bertz CT molecular complexity index is 857. The number of phenols is 1. The largest absolute Gasteiger partial charge is 0.507 e. The molecule has 166 valence electrons. The van der Waals surface area contributed by atoms with Crippen LogP contribution in [0.4, 0.5) is 0 Å². The average Bonchev–Trinajstić information content (AvgIpc) is 2.74. The molecule has 2 unspecified atom stereocenters. The first-order valence-electron chi connectivity index (χ1n) is 11.0. The summed E-state index contributed by atoms with van der Waals surface area (Å²) >= 11 is 0. The number of fused-ring (bicyclic) bond motifs is 3. The molecule has 1 amide bonds. The van der Waals surface area contributed by atoms with Crippen molar-refractivity contribution in [2.75, 3.05) is 0 Å². The lowest BCUT2D eigenvalue weighted by atomic mass is 9.92. The Balaban J connectivity index is 1.67. The van der Waals surface area contributed by atoms with E-state index in [4.69, 9.17) is 9.47 Å². The Labute approximate surface area is 183 Å². The number of ether oxygens (including phenoxy) is 2. The molecule has 2 aliphatic rings. The van der Waals surface area contributed by atoms with Gasteiger partial charge in [0.25, 0.3) is 0 Å². The number of carbonyl (C=O) groups excluding carboxylic acids is 2. The van der Waals surface area contributed by atoms with Gasteiger partial charge in [-0.3, -0.25) is 4.79 Å². The summed E-state index contributed by atoms with van der Waals surface area (Å²) in [5.41, 5.74) is 0.977. The van der Waals surface area contributed by atoms with Gasteiger partial charge in [-0.25, -0.2) is 4.79 Å². The highest BCUT2D eigenvalue weighted by Crippen LogP contribution is 2.31. The molecular weight excluding hydrogens is 394 g/mol. The molecule has 31 heavy (non-hydrogen) atoms. The smallest absolute Gasteiger partial charge is 0.342 e. The lowest BCUT2D eigenvalue weighted by Gasteiger charge is -2.33. The number of hydrogen-bond donors (Lipinski definition) is 2. The lowest BCUT2D eigenvalue weighted by Crippen LogP contribution is -2.35. The van der Waals surface area contributed by atoms with E-state index in [9.17, 15) is 14.7 Å². The van der Waals surface area contributed by atoms with Crippen LogP contribution in [0, 0.1) is 0 Å². The molecule has 0 aliphatic carbocycles. The van der Waals surface area contributed by atoms with E-state index in [0.29, 0.717) is 19.3 Å². The second kappa shape index (κ2) is 11.5. The van der Waals surface area contributed by atoms with Crippen molar-refractivity contribution >= 4 is 11.9 Å². The third kappa shape index (κ3) is 6.82. The van der Waals surface area contributed by atoms with Crippen molar-refractivity contribution in [3.05, 3.63) is 65.9 Å². The van der Waals surface area contributed by atoms with Crippen molar-refractivity contribution in [2.45, 2.75) is 70.2 Å². The standard InChI is InChI=1S/C25H31NO5/c1-2-3-4-5-14-23(28)26-15-8-12-21-17-20-11-7-10-19(30-20)16-18-9-6-13-22(27)24(18)25(29)31-21/h3-6,8-9,13-15,19-21,27H,2,7,10-12,16-17H2,1H3,(H,26,28)/b4-3-,14-5-,15-8+/t19-,20?,21?/m1/s1. The van der Waals surface area contributed by atoms with Gasteiger partial charge in [-0.15, -0.1) is 0 Å². The fraction of sp³-hybridized carbons (Fsp3) is 0.440. The van der Waals surface area contributed by atoms with Crippen molar-refractivity contribution in [2.24, 2.45) is 0 Å². The minimum absolute atomic E-state index is 0.0340. The zero-order valence-corrected chi connectivity index (χ0v) is 18.0. The number of esters is 1. The van der Waals surface area contributed by atoms with Crippen LogP contribution in [0.25, 0.3) is 0 Å². The second-order valence-electron chi connectivity index (χ2n) is 7.93. The number of phenolic OH excluding ortho intramolecular Hbond substituents is 1. The van der Waals surface area contributed by atoms with Crippen molar-refractivity contribution in [1.29, 1.82) is 0 Å². The summed E-state index contributed by atoms with van der Waals surface area (Å²) < 4.78 is 12.0. The van der Waals surface area contributed by atoms with E-state index >= 15 is 0 Å². The van der Waals surface area contributed by atoms with Gasteiger partial charge < -0.3 is 19.9 Å². The third-order valence-corrected chi connectivity index (χ3v) is 5.49. The number of allylic oxidation sites excluding steroid dienone is 3. The minimum atomic E-state index is -0.513. The highest BCUT2D eigenvalue weighted by atomic mass is 16.5. The van der Waals surface area contributed by atoms with Crippen LogP contribution in [0.1, 0.15) is 61.4 Å². The quantitative estimate of drug-likeness (QED) is 0.402. The first kappa shape index (κ1) is 22.8. The van der Waals surface area contributed by atoms with E-state index in [1.807, 2.05) is 25.1 Å². The Hall–Kier alpha value is -2.86. The monoisotopic (exact) mass is 425 g/mol. The summed E-state index contributed by atoms with van der Waals surface area (Å²) in [5, 5.41) is 13.0. The summed E-state index contributed by atoms with van der Waals surface area (Å²) in [6, 6.07) is 5.09. The normalized spacial score (nSPS) is 24.3. The predicted octanol–water partition coefficient (Wildman–Crippen LogP) is 4.34. The molecule has 1 saturated heterocycles. The van der Waals surface area contributed by atoms with Gasteiger partial charge in [-0.05, 0) is 43.7 Å². The number of rotatable bonds is 6. The van der Waals surface area contributed by atoms with Crippen LogP contribution in [0.2, 0.25) is 0 Å². The van der Waals surface area contributed by atoms with Gasteiger partial charge in [0.2, 0.25) is 5.91 Å². The molecule has 0 aromatic heterocycles. The Kier molecular flexibility index (Phi) is 8.47. The van der Waals surface area contributed by atoms with Crippen molar-refractivity contribution in [1.82, 2.24) is 5.32 Å². The number of aromatic hydroxyl groups is 1. The van der Waals surface area contributed by atoms with Crippen LogP contribution in [0.3, 0.4) is 0 Å². The molecule has 6 nitrogen and oxygen atoms in total. The summed E-state index contributed by atoms with van der Waals surface area (Å²) in [6.45, 7) is 2.03. The van der Waals surface area contributed by atoms with Gasteiger partial charge in [0.15, 0.2) is 0 Å². The fourth-order valence-corrected chi connectivity index (χ4v) is 4.01. The number of benzene rings is 1.